The van der Waals surface area contributed by atoms with Crippen molar-refractivity contribution < 1.29 is 0 Å². The second-order valence-electron chi connectivity index (χ2n) is 3.27. The van der Waals surface area contributed by atoms with Crippen LogP contribution in [0.5, 0.6) is 0 Å². The maximum Gasteiger partial charge on any atom is 0.225 e. The van der Waals surface area contributed by atoms with Crippen molar-refractivity contribution in [2.24, 2.45) is 0 Å². The van der Waals surface area contributed by atoms with E-state index in [4.69, 9.17) is 11.5 Å². The second-order valence-corrected chi connectivity index (χ2v) is 4.19. The van der Waals surface area contributed by atoms with Crippen LogP contribution in [-0.4, -0.2) is 15.0 Å². The van der Waals surface area contributed by atoms with Gasteiger partial charge in [0.25, 0.3) is 0 Å². The van der Waals surface area contributed by atoms with E-state index < -0.39 is 0 Å². The van der Waals surface area contributed by atoms with E-state index >= 15 is 0 Å². The summed E-state index contributed by atoms with van der Waals surface area (Å²) in [5, 5.41) is 0. The first kappa shape index (κ1) is 10.8. The van der Waals surface area contributed by atoms with Gasteiger partial charge in [-0.3, -0.25) is 0 Å². The van der Waals surface area contributed by atoms with E-state index in [1.54, 1.807) is 0 Å². The molecule has 82 valence electrons. The molecule has 2 aromatic rings. The highest BCUT2D eigenvalue weighted by Crippen LogP contribution is 2.13. The molecule has 0 fully saturated rings. The predicted molar refractivity (Wildman–Crippen MR) is 65.6 cm³/mol. The number of anilines is 2. The van der Waals surface area contributed by atoms with Crippen molar-refractivity contribution in [1.82, 2.24) is 15.0 Å². The Morgan fingerprint density at radius 2 is 1.50 bits per heavy atom. The van der Waals surface area contributed by atoms with Crippen LogP contribution < -0.4 is 11.5 Å². The van der Waals surface area contributed by atoms with Gasteiger partial charge >= 0.3 is 0 Å². The van der Waals surface area contributed by atoms with Crippen molar-refractivity contribution in [3.63, 3.8) is 0 Å². The van der Waals surface area contributed by atoms with Crippen LogP contribution in [-0.2, 0) is 6.42 Å². The molecule has 5 nitrogen and oxygen atoms in total. The summed E-state index contributed by atoms with van der Waals surface area (Å²) in [5.41, 5.74) is 12.1. The highest BCUT2D eigenvalue weighted by Gasteiger charge is 2.03. The second kappa shape index (κ2) is 4.44. The third-order valence-corrected chi connectivity index (χ3v) is 2.52. The smallest absolute Gasteiger partial charge is 0.225 e. The number of nitrogen functional groups attached to an aromatic ring is 2. The lowest BCUT2D eigenvalue weighted by molar-refractivity contribution is 0.939. The van der Waals surface area contributed by atoms with Gasteiger partial charge in [-0.25, -0.2) is 0 Å². The zero-order valence-electron chi connectivity index (χ0n) is 8.39. The lowest BCUT2D eigenvalue weighted by Gasteiger charge is -2.02. The molecule has 0 saturated heterocycles. The summed E-state index contributed by atoms with van der Waals surface area (Å²) in [4.78, 5) is 11.7. The minimum absolute atomic E-state index is 0.152. The molecule has 0 amide bonds. The largest absolute Gasteiger partial charge is 0.368 e. The molecule has 2 rings (SSSR count). The van der Waals surface area contributed by atoms with E-state index in [0.717, 1.165) is 10.0 Å². The van der Waals surface area contributed by atoms with Crippen LogP contribution in [0.1, 0.15) is 11.4 Å². The maximum absolute atomic E-state index is 5.49. The predicted octanol–water partition coefficient (Wildman–Crippen LogP) is 1.39. The summed E-state index contributed by atoms with van der Waals surface area (Å²) in [6, 6.07) is 7.90. The van der Waals surface area contributed by atoms with Crippen LogP contribution in [0, 0.1) is 0 Å². The third-order valence-electron chi connectivity index (χ3n) is 1.99. The molecule has 16 heavy (non-hydrogen) atoms. The molecule has 0 unspecified atom stereocenters. The van der Waals surface area contributed by atoms with E-state index in [2.05, 4.69) is 30.9 Å². The van der Waals surface area contributed by atoms with E-state index in [1.807, 2.05) is 24.3 Å². The number of nitrogens with zero attached hydrogens (tertiary/aromatic N) is 3. The summed E-state index contributed by atoms with van der Waals surface area (Å²) >= 11 is 3.37. The highest BCUT2D eigenvalue weighted by molar-refractivity contribution is 9.10. The average Bonchev–Trinajstić information content (AvgIpc) is 2.20. The van der Waals surface area contributed by atoms with E-state index in [9.17, 15) is 0 Å². The van der Waals surface area contributed by atoms with Crippen LogP contribution in [0.2, 0.25) is 0 Å². The number of benzene rings is 1. The van der Waals surface area contributed by atoms with E-state index in [1.165, 1.54) is 0 Å². The molecule has 0 spiro atoms. The zero-order valence-corrected chi connectivity index (χ0v) is 9.98. The molecule has 0 aliphatic rings. The van der Waals surface area contributed by atoms with Gasteiger partial charge in [-0.05, 0) is 17.7 Å². The fourth-order valence-electron chi connectivity index (χ4n) is 1.32. The first-order chi connectivity index (χ1) is 7.63. The highest BCUT2D eigenvalue weighted by atomic mass is 79.9. The van der Waals surface area contributed by atoms with Gasteiger partial charge in [0, 0.05) is 10.9 Å². The lowest BCUT2D eigenvalue weighted by atomic mass is 10.1. The summed E-state index contributed by atoms with van der Waals surface area (Å²) < 4.78 is 1.03. The van der Waals surface area contributed by atoms with E-state index in [-0.39, 0.29) is 11.9 Å². The number of hydrogen-bond donors (Lipinski definition) is 2. The van der Waals surface area contributed by atoms with Gasteiger partial charge < -0.3 is 11.5 Å². The lowest BCUT2D eigenvalue weighted by Crippen LogP contribution is -2.07. The quantitative estimate of drug-likeness (QED) is 0.867. The minimum Gasteiger partial charge on any atom is -0.368 e. The fraction of sp³-hybridized carbons (Fsp3) is 0.100. The van der Waals surface area contributed by atoms with Gasteiger partial charge in [0.2, 0.25) is 11.9 Å². The van der Waals surface area contributed by atoms with Crippen LogP contribution in [0.15, 0.2) is 28.7 Å². The minimum atomic E-state index is 0.152. The Morgan fingerprint density at radius 1 is 0.938 bits per heavy atom. The molecular weight excluding hydrogens is 270 g/mol. The van der Waals surface area contributed by atoms with Gasteiger partial charge in [0.15, 0.2) is 0 Å². The van der Waals surface area contributed by atoms with Crippen LogP contribution in [0.4, 0.5) is 11.9 Å². The average molecular weight is 280 g/mol. The zero-order chi connectivity index (χ0) is 11.5. The Labute approximate surface area is 101 Å². The van der Waals surface area contributed by atoms with Gasteiger partial charge in [-0.15, -0.1) is 0 Å². The van der Waals surface area contributed by atoms with Crippen LogP contribution in [0.25, 0.3) is 0 Å². The number of nitrogens with two attached hydrogens (primary N) is 2. The van der Waals surface area contributed by atoms with Gasteiger partial charge in [-0.1, -0.05) is 28.1 Å². The number of rotatable bonds is 2. The number of aromatic nitrogens is 3. The Balaban J connectivity index is 2.23. The third kappa shape index (κ3) is 2.66. The van der Waals surface area contributed by atoms with Crippen molar-refractivity contribution in [2.75, 3.05) is 11.5 Å². The van der Waals surface area contributed by atoms with Crippen LogP contribution in [0.3, 0.4) is 0 Å². The number of halogens is 1. The van der Waals surface area contributed by atoms with Crippen molar-refractivity contribution in [3.8, 4) is 0 Å². The monoisotopic (exact) mass is 279 g/mol. The SMILES string of the molecule is Nc1nc(N)nc(Cc2ccc(Br)cc2)n1. The molecule has 0 radical (unpaired) electrons. The van der Waals surface area contributed by atoms with E-state index in [0.29, 0.717) is 12.2 Å². The first-order valence-electron chi connectivity index (χ1n) is 4.64. The Morgan fingerprint density at radius 3 is 2.06 bits per heavy atom. The van der Waals surface area contributed by atoms with Crippen LogP contribution >= 0.6 is 15.9 Å². The van der Waals surface area contributed by atoms with Gasteiger partial charge in [-0.2, -0.15) is 15.0 Å². The first-order valence-corrected chi connectivity index (χ1v) is 5.43. The van der Waals surface area contributed by atoms with Gasteiger partial charge in [0.05, 0.1) is 0 Å². The molecule has 1 aromatic heterocycles. The molecule has 4 N–H and O–H groups in total. The molecule has 1 aromatic carbocycles. The maximum atomic E-state index is 5.49. The molecule has 0 aliphatic carbocycles. The van der Waals surface area contributed by atoms with Crippen molar-refractivity contribution in [3.05, 3.63) is 40.1 Å². The van der Waals surface area contributed by atoms with Gasteiger partial charge in [0.1, 0.15) is 5.82 Å². The molecule has 0 saturated carbocycles. The molecule has 0 aliphatic heterocycles. The van der Waals surface area contributed by atoms with Crippen molar-refractivity contribution in [2.45, 2.75) is 6.42 Å². The molecular formula is C10H10BrN5. The topological polar surface area (TPSA) is 90.7 Å². The van der Waals surface area contributed by atoms with Crippen molar-refractivity contribution in [1.29, 1.82) is 0 Å². The molecule has 6 heteroatoms. The summed E-state index contributed by atoms with van der Waals surface area (Å²) in [5.74, 6) is 0.881. The Kier molecular flexibility index (Phi) is 3.00. The Hall–Kier alpha value is -1.69. The molecule has 1 heterocycles. The number of hydrogen-bond acceptors (Lipinski definition) is 5. The Bertz CT molecular complexity index is 477. The molecule has 0 bridgehead atoms. The molecule has 0 atom stereocenters. The summed E-state index contributed by atoms with van der Waals surface area (Å²) in [7, 11) is 0. The normalized spacial score (nSPS) is 10.3. The van der Waals surface area contributed by atoms with Crippen molar-refractivity contribution >= 4 is 27.8 Å². The standard InChI is InChI=1S/C10H10BrN5/c11-7-3-1-6(2-4-7)5-8-14-9(12)16-10(13)15-8/h1-4H,5H2,(H4,12,13,14,15,16). The summed E-state index contributed by atoms with van der Waals surface area (Å²) in [6.07, 6.45) is 0.587. The fourth-order valence-corrected chi connectivity index (χ4v) is 1.59. The summed E-state index contributed by atoms with van der Waals surface area (Å²) in [6.45, 7) is 0.